The lowest BCUT2D eigenvalue weighted by Crippen LogP contribution is -2.60. The Morgan fingerprint density at radius 1 is 1.02 bits per heavy atom. The topological polar surface area (TPSA) is 268 Å². The zero-order valence-corrected chi connectivity index (χ0v) is 24.9. The number of nitrogens with two attached hydrogens (primary N) is 2. The molecule has 0 aliphatic carbocycles. The van der Waals surface area contributed by atoms with Crippen molar-refractivity contribution in [3.05, 3.63) is 35.9 Å². The third kappa shape index (κ3) is 12.0. The van der Waals surface area contributed by atoms with Gasteiger partial charge in [0, 0.05) is 19.6 Å². The average molecular weight is 666 g/mol. The van der Waals surface area contributed by atoms with Gasteiger partial charge in [0.05, 0.1) is 18.3 Å². The summed E-state index contributed by atoms with van der Waals surface area (Å²) in [7, 11) is -3.90. The molecule has 2 aliphatic rings. The van der Waals surface area contributed by atoms with Crippen molar-refractivity contribution in [1.82, 2.24) is 25.2 Å². The maximum absolute atomic E-state index is 13.2. The number of carbonyl (C=O) groups excluding carboxylic acids is 2. The van der Waals surface area contributed by atoms with Crippen molar-refractivity contribution >= 4 is 39.7 Å². The molecular formula is C25H38F3N9O7S. The molecule has 0 spiro atoms. The Labute approximate surface area is 257 Å². The Hall–Kier alpha value is -4.17. The van der Waals surface area contributed by atoms with Crippen LogP contribution in [0.15, 0.2) is 30.3 Å². The molecule has 2 aliphatic heterocycles. The van der Waals surface area contributed by atoms with Crippen molar-refractivity contribution in [1.29, 1.82) is 10.8 Å². The van der Waals surface area contributed by atoms with Gasteiger partial charge in [-0.3, -0.25) is 20.4 Å². The van der Waals surface area contributed by atoms with Crippen LogP contribution in [-0.4, -0.2) is 109 Å². The van der Waals surface area contributed by atoms with E-state index >= 15 is 0 Å². The summed E-state index contributed by atoms with van der Waals surface area (Å²) in [5.41, 5.74) is 11.6. The van der Waals surface area contributed by atoms with E-state index in [0.717, 1.165) is 0 Å². The molecule has 0 bridgehead atoms. The Morgan fingerprint density at radius 3 is 2.11 bits per heavy atom. The van der Waals surface area contributed by atoms with Gasteiger partial charge in [-0.1, -0.05) is 30.3 Å². The van der Waals surface area contributed by atoms with Crippen molar-refractivity contribution < 1.29 is 46.2 Å². The van der Waals surface area contributed by atoms with E-state index in [4.69, 9.17) is 32.2 Å². The Balaban J connectivity index is 0.000000900. The number of carboxylic acids is 1. The summed E-state index contributed by atoms with van der Waals surface area (Å²) < 4.78 is 60.2. The van der Waals surface area contributed by atoms with Crippen molar-refractivity contribution in [2.75, 3.05) is 26.2 Å². The van der Waals surface area contributed by atoms with Crippen molar-refractivity contribution in [3.8, 4) is 0 Å². The van der Waals surface area contributed by atoms with Gasteiger partial charge in [0.25, 0.3) is 0 Å². The number of aliphatic hydroxyl groups excluding tert-OH is 1. The van der Waals surface area contributed by atoms with Crippen LogP contribution in [0.4, 0.5) is 13.2 Å². The van der Waals surface area contributed by atoms with Gasteiger partial charge in [0.1, 0.15) is 12.3 Å². The van der Waals surface area contributed by atoms with Crippen LogP contribution in [0, 0.1) is 16.7 Å². The minimum absolute atomic E-state index is 0.0842. The quantitative estimate of drug-likeness (QED) is 0.110. The molecule has 0 aromatic heterocycles. The summed E-state index contributed by atoms with van der Waals surface area (Å²) in [5, 5.41) is 37.8. The van der Waals surface area contributed by atoms with Crippen LogP contribution in [0.3, 0.4) is 0 Å². The van der Waals surface area contributed by atoms with Gasteiger partial charge >= 0.3 is 12.1 Å². The van der Waals surface area contributed by atoms with E-state index in [1.54, 1.807) is 35.2 Å². The van der Waals surface area contributed by atoms with E-state index in [2.05, 4.69) is 15.4 Å². The van der Waals surface area contributed by atoms with Crippen LogP contribution in [-0.2, 0) is 30.2 Å². The number of piperidine rings is 2. The molecule has 2 heterocycles. The van der Waals surface area contributed by atoms with Crippen LogP contribution in [0.1, 0.15) is 31.2 Å². The Bertz CT molecular complexity index is 1310. The number of halogens is 3. The summed E-state index contributed by atoms with van der Waals surface area (Å²) in [6.07, 6.45) is -4.32. The number of alkyl halides is 3. The minimum atomic E-state index is -5.08. The number of hydrogen-bond donors (Lipinski definition) is 9. The average Bonchev–Trinajstić information content (AvgIpc) is 2.96. The van der Waals surface area contributed by atoms with E-state index in [1.165, 1.54) is 4.90 Å². The lowest BCUT2D eigenvalue weighted by atomic mass is 9.89. The second-order valence-electron chi connectivity index (χ2n) is 10.4. The third-order valence-corrected chi connectivity index (χ3v) is 8.38. The van der Waals surface area contributed by atoms with E-state index in [9.17, 15) is 36.3 Å². The fourth-order valence-electron chi connectivity index (χ4n) is 4.79. The van der Waals surface area contributed by atoms with Gasteiger partial charge in [-0.05, 0) is 37.2 Å². The number of aliphatic carboxylic acids is 1. The molecule has 2 saturated heterocycles. The second-order valence-corrected chi connectivity index (χ2v) is 12.1. The van der Waals surface area contributed by atoms with Gasteiger partial charge < -0.3 is 42.1 Å². The highest BCUT2D eigenvalue weighted by Gasteiger charge is 2.38. The summed E-state index contributed by atoms with van der Waals surface area (Å²) in [6.45, 7) is 0.770. The van der Waals surface area contributed by atoms with Crippen LogP contribution >= 0.6 is 0 Å². The number of aliphatic hydroxyl groups is 1. The molecule has 16 nitrogen and oxygen atoms in total. The fraction of sp³-hybridized carbons (Fsp3) is 0.560. The highest BCUT2D eigenvalue weighted by Crippen LogP contribution is 2.22. The first kappa shape index (κ1) is 37.0. The molecule has 20 heteroatoms. The number of likely N-dealkylation sites (tertiary alicyclic amines) is 2. The summed E-state index contributed by atoms with van der Waals surface area (Å²) in [4.78, 5) is 37.6. The second kappa shape index (κ2) is 16.2. The Kier molecular flexibility index (Phi) is 13.4. The maximum atomic E-state index is 13.2. The van der Waals surface area contributed by atoms with Gasteiger partial charge in [-0.2, -0.15) is 13.2 Å². The SMILES string of the molecule is N=C(N)N1CCC(C(NS(=O)(=O)Cc2ccccc2)C(=O)NCC(=O)N[C@H]2CCCN(C(=N)N)C2O)CC1.O=C(O)C(F)(F)F. The molecule has 0 saturated carbocycles. The zero-order valence-electron chi connectivity index (χ0n) is 24.1. The van der Waals surface area contributed by atoms with E-state index in [0.29, 0.717) is 50.9 Å². The molecular weight excluding hydrogens is 627 g/mol. The molecule has 45 heavy (non-hydrogen) atoms. The number of amides is 2. The first-order chi connectivity index (χ1) is 20.9. The van der Waals surface area contributed by atoms with Gasteiger partial charge in [0.15, 0.2) is 11.9 Å². The minimum Gasteiger partial charge on any atom is -0.475 e. The summed E-state index contributed by atoms with van der Waals surface area (Å²) >= 11 is 0. The van der Waals surface area contributed by atoms with Crippen molar-refractivity contribution in [2.45, 2.75) is 55.9 Å². The standard InChI is InChI=1S/C23H37N9O5S.C2HF3O2/c24-22(25)31-11-8-16(9-12-31)19(30-38(36,37)14-15-5-2-1-3-6-15)20(34)28-13-18(33)29-17-7-4-10-32(21(17)35)23(26)27;3-2(4,5)1(6)7/h1-3,5-6,16-17,19,21,30,35H,4,7-14H2,(H3,24,25)(H3,26,27)(H,28,34)(H,29,33);(H,6,7)/t17-,19?,21?;/m0./s1. The van der Waals surface area contributed by atoms with E-state index in [-0.39, 0.29) is 23.6 Å². The van der Waals surface area contributed by atoms with Crippen LogP contribution in [0.2, 0.25) is 0 Å². The lowest BCUT2D eigenvalue weighted by molar-refractivity contribution is -0.192. The predicted molar refractivity (Wildman–Crippen MR) is 155 cm³/mol. The van der Waals surface area contributed by atoms with Crippen molar-refractivity contribution in [3.63, 3.8) is 0 Å². The van der Waals surface area contributed by atoms with Gasteiger partial charge in [-0.15, -0.1) is 0 Å². The molecule has 2 unspecified atom stereocenters. The largest absolute Gasteiger partial charge is 0.490 e. The number of benzene rings is 1. The number of hydrogen-bond acceptors (Lipinski definition) is 8. The molecule has 1 aromatic rings. The molecule has 3 rings (SSSR count). The predicted octanol–water partition coefficient (Wildman–Crippen LogP) is -1.38. The van der Waals surface area contributed by atoms with Crippen molar-refractivity contribution in [2.24, 2.45) is 17.4 Å². The van der Waals surface area contributed by atoms with E-state index in [1.807, 2.05) is 0 Å². The summed E-state index contributed by atoms with van der Waals surface area (Å²) in [6, 6.07) is 6.78. The monoisotopic (exact) mass is 665 g/mol. The molecule has 1 aromatic carbocycles. The number of carbonyl (C=O) groups is 3. The zero-order chi connectivity index (χ0) is 33.9. The number of nitrogens with zero attached hydrogens (tertiary/aromatic N) is 2. The Morgan fingerprint density at radius 2 is 1.60 bits per heavy atom. The first-order valence-corrected chi connectivity index (χ1v) is 15.3. The number of rotatable bonds is 9. The van der Waals surface area contributed by atoms with Crippen LogP contribution in [0.5, 0.6) is 0 Å². The normalized spacial score (nSPS) is 19.8. The highest BCUT2D eigenvalue weighted by molar-refractivity contribution is 7.88. The third-order valence-electron chi connectivity index (χ3n) is 7.06. The number of sulfonamides is 1. The first-order valence-electron chi connectivity index (χ1n) is 13.7. The van der Waals surface area contributed by atoms with Crippen LogP contribution < -0.4 is 26.8 Å². The molecule has 252 valence electrons. The number of guanidine groups is 2. The molecule has 2 fully saturated rings. The lowest BCUT2D eigenvalue weighted by Gasteiger charge is -2.38. The molecule has 11 N–H and O–H groups in total. The number of nitrogens with one attached hydrogen (secondary N) is 5. The molecule has 2 amide bonds. The van der Waals surface area contributed by atoms with E-state index < -0.39 is 58.8 Å². The smallest absolute Gasteiger partial charge is 0.475 e. The molecule has 3 atom stereocenters. The maximum Gasteiger partial charge on any atom is 0.490 e. The van der Waals surface area contributed by atoms with Crippen LogP contribution in [0.25, 0.3) is 0 Å². The molecule has 0 radical (unpaired) electrons. The fourth-order valence-corrected chi connectivity index (χ4v) is 6.19. The summed E-state index contributed by atoms with van der Waals surface area (Å²) in [5.74, 6) is -5.03. The van der Waals surface area contributed by atoms with Gasteiger partial charge in [-0.25, -0.2) is 17.9 Å². The van der Waals surface area contributed by atoms with Gasteiger partial charge in [0.2, 0.25) is 21.8 Å². The highest BCUT2D eigenvalue weighted by atomic mass is 32.2. The number of carboxylic acid groups (broad SMARTS) is 1.